The fraction of sp³-hybridized carbons (Fsp3) is 0.769. The van der Waals surface area contributed by atoms with Crippen molar-refractivity contribution in [2.45, 2.75) is 38.8 Å². The monoisotopic (exact) mass is 302 g/mol. The van der Waals surface area contributed by atoms with Crippen LogP contribution >= 0.6 is 0 Å². The predicted octanol–water partition coefficient (Wildman–Crippen LogP) is -0.195. The lowest BCUT2D eigenvalue weighted by Crippen LogP contribution is -2.54. The van der Waals surface area contributed by atoms with E-state index in [-0.39, 0.29) is 25.0 Å². The third-order valence-electron chi connectivity index (χ3n) is 3.36. The molecule has 3 N–H and O–H groups in total. The van der Waals surface area contributed by atoms with Crippen LogP contribution in [0, 0.1) is 5.92 Å². The number of nitrogens with zero attached hydrogens (tertiary/aromatic N) is 1. The summed E-state index contributed by atoms with van der Waals surface area (Å²) in [5.74, 6) is -2.04. The lowest BCUT2D eigenvalue weighted by atomic mass is 9.98. The fourth-order valence-corrected chi connectivity index (χ4v) is 2.23. The molecule has 0 aromatic carbocycles. The molecule has 120 valence electrons. The number of aliphatic hydroxyl groups is 1. The number of carbonyl (C=O) groups is 3. The Morgan fingerprint density at radius 3 is 2.62 bits per heavy atom. The number of hydrogen-bond acceptors (Lipinski definition) is 5. The van der Waals surface area contributed by atoms with Gasteiger partial charge in [-0.25, -0.2) is 9.59 Å². The second-order valence-electron chi connectivity index (χ2n) is 5.04. The number of aliphatic carboxylic acids is 1. The van der Waals surface area contributed by atoms with E-state index in [0.717, 1.165) is 0 Å². The van der Waals surface area contributed by atoms with Gasteiger partial charge in [-0.15, -0.1) is 0 Å². The summed E-state index contributed by atoms with van der Waals surface area (Å²) >= 11 is 0. The maximum absolute atomic E-state index is 12.0. The van der Waals surface area contributed by atoms with Crippen molar-refractivity contribution in [1.29, 1.82) is 0 Å². The second-order valence-corrected chi connectivity index (χ2v) is 5.04. The molecule has 1 saturated heterocycles. The summed E-state index contributed by atoms with van der Waals surface area (Å²) in [6.07, 6.45) is 0.0714. The first kappa shape index (κ1) is 17.2. The minimum Gasteiger partial charge on any atom is -0.480 e. The Morgan fingerprint density at radius 1 is 1.43 bits per heavy atom. The molecule has 1 fully saturated rings. The third kappa shape index (κ3) is 4.89. The average molecular weight is 302 g/mol. The summed E-state index contributed by atoms with van der Waals surface area (Å²) in [5, 5.41) is 20.5. The first-order valence-corrected chi connectivity index (χ1v) is 6.99. The molecule has 8 nitrogen and oxygen atoms in total. The quantitative estimate of drug-likeness (QED) is 0.606. The van der Waals surface area contributed by atoms with E-state index < -0.39 is 24.1 Å². The molecule has 0 aromatic rings. The Labute approximate surface area is 123 Å². The minimum absolute atomic E-state index is 0.191. The smallest absolute Gasteiger partial charge is 0.328 e. The highest BCUT2D eigenvalue weighted by Crippen LogP contribution is 2.18. The van der Waals surface area contributed by atoms with Gasteiger partial charge < -0.3 is 25.2 Å². The lowest BCUT2D eigenvalue weighted by Gasteiger charge is -2.32. The third-order valence-corrected chi connectivity index (χ3v) is 3.36. The number of carbonyl (C=O) groups excluding carboxylic acids is 2. The van der Waals surface area contributed by atoms with E-state index in [1.54, 1.807) is 6.92 Å². The minimum atomic E-state index is -1.37. The highest BCUT2D eigenvalue weighted by Gasteiger charge is 2.32. The Balaban J connectivity index is 2.61. The molecule has 1 rings (SSSR count). The molecule has 0 aromatic heterocycles. The van der Waals surface area contributed by atoms with Crippen molar-refractivity contribution in [3.63, 3.8) is 0 Å². The standard InChI is InChI=1S/C13H22N2O6/c1-3-21-12(19)9-5-4-6-15(7-9)13(20)14-10(8(2)16)11(17)18/h8-10,16H,3-7H2,1-2H3,(H,14,20)(H,17,18). The number of nitrogens with one attached hydrogen (secondary N) is 1. The van der Waals surface area contributed by atoms with Crippen LogP contribution in [-0.4, -0.2) is 64.9 Å². The molecule has 3 unspecified atom stereocenters. The molecular formula is C13H22N2O6. The van der Waals surface area contributed by atoms with Gasteiger partial charge >= 0.3 is 18.0 Å². The van der Waals surface area contributed by atoms with Crippen LogP contribution in [0.1, 0.15) is 26.7 Å². The Morgan fingerprint density at radius 2 is 2.10 bits per heavy atom. The molecule has 0 spiro atoms. The van der Waals surface area contributed by atoms with Gasteiger partial charge in [-0.1, -0.05) is 0 Å². The highest BCUT2D eigenvalue weighted by molar-refractivity contribution is 5.83. The number of likely N-dealkylation sites (tertiary alicyclic amines) is 1. The van der Waals surface area contributed by atoms with Crippen molar-refractivity contribution in [1.82, 2.24) is 10.2 Å². The van der Waals surface area contributed by atoms with Crippen molar-refractivity contribution >= 4 is 18.0 Å². The number of carboxylic acids is 1. The van der Waals surface area contributed by atoms with Gasteiger partial charge in [0.25, 0.3) is 0 Å². The molecule has 21 heavy (non-hydrogen) atoms. The number of carboxylic acid groups (broad SMARTS) is 1. The van der Waals surface area contributed by atoms with Crippen molar-refractivity contribution in [2.75, 3.05) is 19.7 Å². The van der Waals surface area contributed by atoms with Gasteiger partial charge in [0.15, 0.2) is 6.04 Å². The van der Waals surface area contributed by atoms with E-state index in [2.05, 4.69) is 5.32 Å². The number of piperidine rings is 1. The maximum atomic E-state index is 12.0. The SMILES string of the molecule is CCOC(=O)C1CCCN(C(=O)NC(C(=O)O)C(C)O)C1. The van der Waals surface area contributed by atoms with Crippen molar-refractivity contribution in [2.24, 2.45) is 5.92 Å². The fourth-order valence-electron chi connectivity index (χ4n) is 2.23. The van der Waals surface area contributed by atoms with Crippen LogP contribution in [0.5, 0.6) is 0 Å². The number of hydrogen-bond donors (Lipinski definition) is 3. The van der Waals surface area contributed by atoms with Crippen LogP contribution in [0.15, 0.2) is 0 Å². The summed E-state index contributed by atoms with van der Waals surface area (Å²) in [5.41, 5.74) is 0. The van der Waals surface area contributed by atoms with E-state index in [4.69, 9.17) is 9.84 Å². The molecule has 0 saturated carbocycles. The van der Waals surface area contributed by atoms with Gasteiger partial charge in [0.05, 0.1) is 18.6 Å². The van der Waals surface area contributed by atoms with Gasteiger partial charge in [0, 0.05) is 13.1 Å². The van der Waals surface area contributed by atoms with Crippen LogP contribution in [0.4, 0.5) is 4.79 Å². The molecule has 1 aliphatic rings. The Bertz CT molecular complexity index is 398. The molecular weight excluding hydrogens is 280 g/mol. The molecule has 3 atom stereocenters. The average Bonchev–Trinajstić information content (AvgIpc) is 2.44. The first-order valence-electron chi connectivity index (χ1n) is 6.99. The molecule has 2 amide bonds. The summed E-state index contributed by atoms with van der Waals surface area (Å²) in [7, 11) is 0. The Hall–Kier alpha value is -1.83. The van der Waals surface area contributed by atoms with E-state index in [9.17, 15) is 19.5 Å². The number of amides is 2. The van der Waals surface area contributed by atoms with Crippen LogP contribution in [0.3, 0.4) is 0 Å². The van der Waals surface area contributed by atoms with E-state index in [0.29, 0.717) is 19.4 Å². The Kier molecular flexibility index (Phi) is 6.41. The van der Waals surface area contributed by atoms with Crippen LogP contribution in [0.2, 0.25) is 0 Å². The topological polar surface area (TPSA) is 116 Å². The predicted molar refractivity (Wildman–Crippen MR) is 72.6 cm³/mol. The van der Waals surface area contributed by atoms with Gasteiger partial charge in [0.2, 0.25) is 0 Å². The molecule has 1 aliphatic heterocycles. The zero-order valence-electron chi connectivity index (χ0n) is 12.2. The molecule has 1 heterocycles. The first-order chi connectivity index (χ1) is 9.86. The lowest BCUT2D eigenvalue weighted by molar-refractivity contribution is -0.149. The summed E-state index contributed by atoms with van der Waals surface area (Å²) < 4.78 is 4.94. The van der Waals surface area contributed by atoms with Gasteiger partial charge in [-0.2, -0.15) is 0 Å². The van der Waals surface area contributed by atoms with Gasteiger partial charge in [-0.05, 0) is 26.7 Å². The summed E-state index contributed by atoms with van der Waals surface area (Å²) in [4.78, 5) is 36.0. The zero-order valence-corrected chi connectivity index (χ0v) is 12.2. The van der Waals surface area contributed by atoms with Crippen molar-refractivity contribution < 1.29 is 29.3 Å². The van der Waals surface area contributed by atoms with Gasteiger partial charge in [0.1, 0.15) is 0 Å². The van der Waals surface area contributed by atoms with Gasteiger partial charge in [-0.3, -0.25) is 4.79 Å². The second kappa shape index (κ2) is 7.82. The van der Waals surface area contributed by atoms with E-state index in [1.807, 2.05) is 0 Å². The summed E-state index contributed by atoms with van der Waals surface area (Å²) in [6.45, 7) is 3.91. The van der Waals surface area contributed by atoms with E-state index >= 15 is 0 Å². The number of ether oxygens (including phenoxy) is 1. The molecule has 0 radical (unpaired) electrons. The normalized spacial score (nSPS) is 21.3. The largest absolute Gasteiger partial charge is 0.480 e. The van der Waals surface area contributed by atoms with E-state index in [1.165, 1.54) is 11.8 Å². The maximum Gasteiger partial charge on any atom is 0.328 e. The van der Waals surface area contributed by atoms with Crippen molar-refractivity contribution in [3.8, 4) is 0 Å². The molecule has 8 heteroatoms. The number of rotatable bonds is 5. The number of aliphatic hydroxyl groups excluding tert-OH is 1. The van der Waals surface area contributed by atoms with Crippen molar-refractivity contribution in [3.05, 3.63) is 0 Å². The zero-order chi connectivity index (χ0) is 16.0. The van der Waals surface area contributed by atoms with Crippen LogP contribution < -0.4 is 5.32 Å². The summed E-state index contributed by atoms with van der Waals surface area (Å²) in [6, 6.07) is -1.97. The molecule has 0 bridgehead atoms. The number of esters is 1. The number of urea groups is 1. The van der Waals surface area contributed by atoms with Crippen LogP contribution in [0.25, 0.3) is 0 Å². The molecule has 0 aliphatic carbocycles. The highest BCUT2D eigenvalue weighted by atomic mass is 16.5. The van der Waals surface area contributed by atoms with Crippen LogP contribution in [-0.2, 0) is 14.3 Å².